The van der Waals surface area contributed by atoms with Crippen LogP contribution in [0.5, 0.6) is 5.75 Å². The molecule has 0 bridgehead atoms. The number of nitrogens with zero attached hydrogens (tertiary/aromatic N) is 1. The summed E-state index contributed by atoms with van der Waals surface area (Å²) in [6, 6.07) is 3.37. The predicted octanol–water partition coefficient (Wildman–Crippen LogP) is 0.968. The second kappa shape index (κ2) is 3.89. The van der Waals surface area contributed by atoms with Gasteiger partial charge in [0, 0.05) is 6.20 Å². The molecule has 0 saturated carbocycles. The van der Waals surface area contributed by atoms with Crippen molar-refractivity contribution < 1.29 is 9.53 Å². The fourth-order valence-electron chi connectivity index (χ4n) is 0.925. The van der Waals surface area contributed by atoms with Crippen LogP contribution >= 0.6 is 0 Å². The molecule has 4 heteroatoms. The van der Waals surface area contributed by atoms with Gasteiger partial charge in [0.05, 0.1) is 6.10 Å². The van der Waals surface area contributed by atoms with Crippen molar-refractivity contribution in [3.8, 4) is 5.75 Å². The lowest BCUT2D eigenvalue weighted by Crippen LogP contribution is -2.16. The van der Waals surface area contributed by atoms with Gasteiger partial charge in [-0.15, -0.1) is 0 Å². The molecule has 0 aliphatic heterocycles. The smallest absolute Gasteiger partial charge is 0.271 e. The van der Waals surface area contributed by atoms with E-state index in [0.29, 0.717) is 5.75 Å². The quantitative estimate of drug-likeness (QED) is 0.753. The third-order valence-electron chi connectivity index (χ3n) is 1.37. The van der Waals surface area contributed by atoms with E-state index in [9.17, 15) is 4.79 Å². The Bertz CT molecular complexity index is 310. The Kier molecular flexibility index (Phi) is 2.84. The molecule has 1 aromatic rings. The molecular weight excluding hydrogens is 168 g/mol. The van der Waals surface area contributed by atoms with Crippen LogP contribution in [0.1, 0.15) is 24.3 Å². The molecule has 0 saturated heterocycles. The molecule has 0 spiro atoms. The van der Waals surface area contributed by atoms with E-state index in [-0.39, 0.29) is 11.8 Å². The zero-order chi connectivity index (χ0) is 9.84. The average Bonchev–Trinajstić information content (AvgIpc) is 2.03. The number of nitrogens with two attached hydrogens (primary N) is 1. The molecule has 0 atom stereocenters. The van der Waals surface area contributed by atoms with Gasteiger partial charge in [0.15, 0.2) is 11.4 Å². The van der Waals surface area contributed by atoms with E-state index in [4.69, 9.17) is 10.5 Å². The van der Waals surface area contributed by atoms with Gasteiger partial charge in [-0.2, -0.15) is 0 Å². The van der Waals surface area contributed by atoms with Crippen molar-refractivity contribution in [3.63, 3.8) is 0 Å². The second-order valence-corrected chi connectivity index (χ2v) is 2.88. The molecule has 1 amide bonds. The number of pyridine rings is 1. The fraction of sp³-hybridized carbons (Fsp3) is 0.333. The van der Waals surface area contributed by atoms with Crippen LogP contribution in [0, 0.1) is 0 Å². The van der Waals surface area contributed by atoms with Gasteiger partial charge in [0.2, 0.25) is 0 Å². The molecule has 0 unspecified atom stereocenters. The van der Waals surface area contributed by atoms with Gasteiger partial charge in [-0.1, -0.05) is 0 Å². The van der Waals surface area contributed by atoms with Crippen molar-refractivity contribution in [2.75, 3.05) is 0 Å². The minimum Gasteiger partial charge on any atom is -0.489 e. The standard InChI is InChI=1S/C9H12N2O2/c1-6(2)13-7-4-3-5-11-8(7)9(10)12/h3-6H,1-2H3,(H2,10,12). The topological polar surface area (TPSA) is 65.2 Å². The zero-order valence-corrected chi connectivity index (χ0v) is 7.65. The molecule has 0 aliphatic carbocycles. The maximum absolute atomic E-state index is 10.9. The monoisotopic (exact) mass is 180 g/mol. The molecule has 0 radical (unpaired) electrons. The Balaban J connectivity index is 2.98. The number of rotatable bonds is 3. The number of amides is 1. The van der Waals surface area contributed by atoms with Crippen LogP contribution in [0.4, 0.5) is 0 Å². The lowest BCUT2D eigenvalue weighted by Gasteiger charge is -2.10. The summed E-state index contributed by atoms with van der Waals surface area (Å²) in [5, 5.41) is 0. The molecule has 70 valence electrons. The third kappa shape index (κ3) is 2.43. The van der Waals surface area contributed by atoms with Gasteiger partial charge in [0.25, 0.3) is 5.91 Å². The number of hydrogen-bond donors (Lipinski definition) is 1. The first kappa shape index (κ1) is 9.51. The number of aromatic nitrogens is 1. The van der Waals surface area contributed by atoms with Crippen LogP contribution in [0.3, 0.4) is 0 Å². The highest BCUT2D eigenvalue weighted by molar-refractivity contribution is 5.93. The van der Waals surface area contributed by atoms with Crippen molar-refractivity contribution >= 4 is 5.91 Å². The molecule has 0 aromatic carbocycles. The molecule has 1 rings (SSSR count). The second-order valence-electron chi connectivity index (χ2n) is 2.88. The van der Waals surface area contributed by atoms with E-state index >= 15 is 0 Å². The highest BCUT2D eigenvalue weighted by Gasteiger charge is 2.10. The number of carbonyl (C=O) groups excluding carboxylic acids is 1. The fourth-order valence-corrected chi connectivity index (χ4v) is 0.925. The van der Waals surface area contributed by atoms with Crippen LogP contribution < -0.4 is 10.5 Å². The molecular formula is C9H12N2O2. The highest BCUT2D eigenvalue weighted by Crippen LogP contribution is 2.15. The SMILES string of the molecule is CC(C)Oc1cccnc1C(N)=O. The summed E-state index contributed by atoms with van der Waals surface area (Å²) in [5.74, 6) is -0.138. The number of ether oxygens (including phenoxy) is 1. The first-order valence-corrected chi connectivity index (χ1v) is 4.02. The molecule has 2 N–H and O–H groups in total. The van der Waals surface area contributed by atoms with Crippen molar-refractivity contribution in [1.29, 1.82) is 0 Å². The van der Waals surface area contributed by atoms with Gasteiger partial charge in [0.1, 0.15) is 0 Å². The molecule has 4 nitrogen and oxygen atoms in total. The van der Waals surface area contributed by atoms with Gasteiger partial charge in [-0.25, -0.2) is 4.98 Å². The third-order valence-corrected chi connectivity index (χ3v) is 1.37. The van der Waals surface area contributed by atoms with E-state index in [1.54, 1.807) is 12.1 Å². The van der Waals surface area contributed by atoms with Crippen molar-refractivity contribution in [2.24, 2.45) is 5.73 Å². The molecule has 1 heterocycles. The summed E-state index contributed by atoms with van der Waals surface area (Å²) in [4.78, 5) is 14.7. The maximum Gasteiger partial charge on any atom is 0.271 e. The summed E-state index contributed by atoms with van der Waals surface area (Å²) < 4.78 is 5.34. The summed E-state index contributed by atoms with van der Waals surface area (Å²) in [7, 11) is 0. The van der Waals surface area contributed by atoms with E-state index < -0.39 is 5.91 Å². The lowest BCUT2D eigenvalue weighted by atomic mass is 10.3. The minimum atomic E-state index is -0.573. The number of primary amides is 1. The summed E-state index contributed by atoms with van der Waals surface area (Å²) in [6.07, 6.45) is 1.51. The maximum atomic E-state index is 10.9. The summed E-state index contributed by atoms with van der Waals surface area (Å²) in [5.41, 5.74) is 5.29. The van der Waals surface area contributed by atoms with Gasteiger partial charge < -0.3 is 10.5 Å². The summed E-state index contributed by atoms with van der Waals surface area (Å²) >= 11 is 0. The highest BCUT2D eigenvalue weighted by atomic mass is 16.5. The largest absolute Gasteiger partial charge is 0.489 e. The Hall–Kier alpha value is -1.58. The lowest BCUT2D eigenvalue weighted by molar-refractivity contribution is 0.0989. The van der Waals surface area contributed by atoms with Crippen molar-refractivity contribution in [3.05, 3.63) is 24.0 Å². The summed E-state index contributed by atoms with van der Waals surface area (Å²) in [6.45, 7) is 3.75. The minimum absolute atomic E-state index is 0.00213. The Labute approximate surface area is 76.7 Å². The molecule has 13 heavy (non-hydrogen) atoms. The van der Waals surface area contributed by atoms with Crippen molar-refractivity contribution in [1.82, 2.24) is 4.98 Å². The van der Waals surface area contributed by atoms with Crippen LogP contribution in [-0.2, 0) is 0 Å². The van der Waals surface area contributed by atoms with Gasteiger partial charge in [-0.05, 0) is 26.0 Å². The Morgan fingerprint density at radius 1 is 1.62 bits per heavy atom. The molecule has 0 aliphatic rings. The van der Waals surface area contributed by atoms with E-state index in [0.717, 1.165) is 0 Å². The molecule has 1 aromatic heterocycles. The van der Waals surface area contributed by atoms with E-state index in [1.807, 2.05) is 13.8 Å². The van der Waals surface area contributed by atoms with E-state index in [2.05, 4.69) is 4.98 Å². The first-order valence-electron chi connectivity index (χ1n) is 4.02. The Morgan fingerprint density at radius 2 is 2.31 bits per heavy atom. The van der Waals surface area contributed by atoms with Crippen LogP contribution in [0.2, 0.25) is 0 Å². The van der Waals surface area contributed by atoms with Gasteiger partial charge >= 0.3 is 0 Å². The number of hydrogen-bond acceptors (Lipinski definition) is 3. The Morgan fingerprint density at radius 3 is 2.85 bits per heavy atom. The van der Waals surface area contributed by atoms with Crippen LogP contribution in [0.25, 0.3) is 0 Å². The van der Waals surface area contributed by atoms with Crippen LogP contribution in [-0.4, -0.2) is 17.0 Å². The first-order chi connectivity index (χ1) is 6.11. The normalized spacial score (nSPS) is 10.1. The molecule has 0 fully saturated rings. The average molecular weight is 180 g/mol. The van der Waals surface area contributed by atoms with Crippen molar-refractivity contribution in [2.45, 2.75) is 20.0 Å². The van der Waals surface area contributed by atoms with Crippen LogP contribution in [0.15, 0.2) is 18.3 Å². The number of carbonyl (C=O) groups is 1. The predicted molar refractivity (Wildman–Crippen MR) is 48.5 cm³/mol. The zero-order valence-electron chi connectivity index (χ0n) is 7.65. The van der Waals surface area contributed by atoms with Gasteiger partial charge in [-0.3, -0.25) is 4.79 Å². The van der Waals surface area contributed by atoms with E-state index in [1.165, 1.54) is 6.20 Å².